The van der Waals surface area contributed by atoms with Crippen molar-refractivity contribution in [1.29, 1.82) is 0 Å². The zero-order valence-electron chi connectivity index (χ0n) is 21.3. The minimum absolute atomic E-state index is 0.0871. The molecule has 3 heterocycles. The number of rotatable bonds is 10. The van der Waals surface area contributed by atoms with E-state index in [1.165, 1.54) is 13.5 Å². The summed E-state index contributed by atoms with van der Waals surface area (Å²) in [6.45, 7) is 6.25. The summed E-state index contributed by atoms with van der Waals surface area (Å²) in [5.74, 6) is 0.520. The SMILES string of the molecule is CCCCCCc1c(O)n2c3c(=O)n(CC)c(=O)n(CC)c3nc2n(Cc2ccc(OC)cc2)c1=O. The van der Waals surface area contributed by atoms with Crippen LogP contribution in [0.25, 0.3) is 16.9 Å². The van der Waals surface area contributed by atoms with Gasteiger partial charge in [-0.25, -0.2) is 9.20 Å². The molecule has 0 aliphatic rings. The number of benzene rings is 1. The van der Waals surface area contributed by atoms with Gasteiger partial charge in [0.25, 0.3) is 11.1 Å². The second-order valence-corrected chi connectivity index (χ2v) is 8.85. The summed E-state index contributed by atoms with van der Waals surface area (Å²) >= 11 is 0. The molecular formula is C26H33N5O5. The van der Waals surface area contributed by atoms with Crippen LogP contribution in [0.3, 0.4) is 0 Å². The van der Waals surface area contributed by atoms with Crippen molar-refractivity contribution in [2.45, 2.75) is 72.5 Å². The summed E-state index contributed by atoms with van der Waals surface area (Å²) in [6.07, 6.45) is 4.11. The first-order valence-electron chi connectivity index (χ1n) is 12.5. The summed E-state index contributed by atoms with van der Waals surface area (Å²) in [5, 5.41) is 11.3. The molecule has 3 aromatic heterocycles. The van der Waals surface area contributed by atoms with Gasteiger partial charge in [-0.15, -0.1) is 0 Å². The molecule has 0 spiro atoms. The molecule has 1 aromatic carbocycles. The maximum Gasteiger partial charge on any atom is 0.332 e. The molecule has 0 saturated heterocycles. The third-order valence-corrected chi connectivity index (χ3v) is 6.65. The molecule has 0 unspecified atom stereocenters. The third kappa shape index (κ3) is 4.20. The zero-order valence-corrected chi connectivity index (χ0v) is 21.3. The molecule has 10 heteroatoms. The molecule has 0 atom stereocenters. The Morgan fingerprint density at radius 1 is 0.889 bits per heavy atom. The van der Waals surface area contributed by atoms with Crippen LogP contribution in [0, 0.1) is 0 Å². The van der Waals surface area contributed by atoms with Gasteiger partial charge in [-0.05, 0) is 44.4 Å². The number of aromatic nitrogens is 5. The molecule has 0 saturated carbocycles. The number of hydrogen-bond donors (Lipinski definition) is 1. The van der Waals surface area contributed by atoms with Crippen molar-refractivity contribution < 1.29 is 9.84 Å². The van der Waals surface area contributed by atoms with Gasteiger partial charge in [0.05, 0.1) is 19.2 Å². The van der Waals surface area contributed by atoms with Crippen LogP contribution in [0.4, 0.5) is 0 Å². The molecule has 0 aliphatic heterocycles. The number of nitrogens with zero attached hydrogens (tertiary/aromatic N) is 5. The minimum atomic E-state index is -0.545. The van der Waals surface area contributed by atoms with Gasteiger partial charge in [0.15, 0.2) is 11.2 Å². The molecule has 10 nitrogen and oxygen atoms in total. The standard InChI is InChI=1S/C26H33N5O5/c1-5-8-9-10-11-19-22(32)30(16-17-12-14-18(36-4)15-13-17)25-27-21-20(31(25)23(19)33)24(34)29(7-3)26(35)28(21)6-2/h12-15,33H,5-11,16H2,1-4H3. The predicted molar refractivity (Wildman–Crippen MR) is 138 cm³/mol. The van der Waals surface area contributed by atoms with Gasteiger partial charge < -0.3 is 9.84 Å². The van der Waals surface area contributed by atoms with Crippen molar-refractivity contribution in [3.8, 4) is 11.6 Å². The third-order valence-electron chi connectivity index (χ3n) is 6.65. The fourth-order valence-electron chi connectivity index (χ4n) is 4.66. The summed E-state index contributed by atoms with van der Waals surface area (Å²) < 4.78 is 10.6. The Morgan fingerprint density at radius 2 is 1.58 bits per heavy atom. The van der Waals surface area contributed by atoms with E-state index < -0.39 is 11.2 Å². The maximum absolute atomic E-state index is 13.7. The quantitative estimate of drug-likeness (QED) is 0.339. The molecule has 4 aromatic rings. The molecule has 4 rings (SSSR count). The van der Waals surface area contributed by atoms with E-state index in [1.807, 2.05) is 12.1 Å². The number of unbranched alkanes of at least 4 members (excludes halogenated alkanes) is 3. The number of imidazole rings is 1. The van der Waals surface area contributed by atoms with E-state index in [9.17, 15) is 19.5 Å². The van der Waals surface area contributed by atoms with Gasteiger partial charge in [-0.2, -0.15) is 4.98 Å². The number of aromatic hydroxyl groups is 1. The molecule has 36 heavy (non-hydrogen) atoms. The van der Waals surface area contributed by atoms with Crippen LogP contribution < -0.4 is 21.5 Å². The number of ether oxygens (including phenoxy) is 1. The largest absolute Gasteiger partial charge is 0.497 e. The average Bonchev–Trinajstić information content (AvgIpc) is 3.28. The number of methoxy groups -OCH3 is 1. The van der Waals surface area contributed by atoms with Crippen LogP contribution in [0.2, 0.25) is 0 Å². The van der Waals surface area contributed by atoms with E-state index in [4.69, 9.17) is 4.74 Å². The Kier molecular flexibility index (Phi) is 7.32. The lowest BCUT2D eigenvalue weighted by atomic mass is 10.1. The van der Waals surface area contributed by atoms with Crippen LogP contribution >= 0.6 is 0 Å². The smallest absolute Gasteiger partial charge is 0.332 e. The summed E-state index contributed by atoms with van der Waals surface area (Å²) in [4.78, 5) is 44.6. The summed E-state index contributed by atoms with van der Waals surface area (Å²) in [6, 6.07) is 7.31. The molecule has 0 fully saturated rings. The Hall–Kier alpha value is -3.82. The number of fused-ring (bicyclic) bond motifs is 3. The second kappa shape index (κ2) is 10.4. The lowest BCUT2D eigenvalue weighted by Gasteiger charge is -2.14. The van der Waals surface area contributed by atoms with Gasteiger partial charge in [0, 0.05) is 13.1 Å². The van der Waals surface area contributed by atoms with Crippen molar-refractivity contribution >= 4 is 16.9 Å². The highest BCUT2D eigenvalue weighted by Crippen LogP contribution is 2.24. The van der Waals surface area contributed by atoms with E-state index in [2.05, 4.69) is 11.9 Å². The van der Waals surface area contributed by atoms with Crippen molar-refractivity contribution in [1.82, 2.24) is 23.1 Å². The number of hydrogen-bond acceptors (Lipinski definition) is 6. The van der Waals surface area contributed by atoms with Gasteiger partial charge in [0.2, 0.25) is 11.7 Å². The second-order valence-electron chi connectivity index (χ2n) is 8.85. The first-order chi connectivity index (χ1) is 17.4. The fourth-order valence-corrected chi connectivity index (χ4v) is 4.66. The Balaban J connectivity index is 2.05. The summed E-state index contributed by atoms with van der Waals surface area (Å²) in [7, 11) is 1.58. The Morgan fingerprint density at radius 3 is 2.19 bits per heavy atom. The first-order valence-corrected chi connectivity index (χ1v) is 12.5. The van der Waals surface area contributed by atoms with Crippen LogP contribution in [0.15, 0.2) is 38.6 Å². The van der Waals surface area contributed by atoms with E-state index >= 15 is 0 Å². The molecule has 0 amide bonds. The Bertz CT molecular complexity index is 1570. The average molecular weight is 496 g/mol. The van der Waals surface area contributed by atoms with Crippen molar-refractivity contribution in [3.05, 3.63) is 66.6 Å². The van der Waals surface area contributed by atoms with E-state index in [0.717, 1.165) is 35.8 Å². The topological polar surface area (TPSA) is 113 Å². The van der Waals surface area contributed by atoms with Crippen molar-refractivity contribution in [2.75, 3.05) is 7.11 Å². The Labute approximate surface area is 208 Å². The molecule has 0 bridgehead atoms. The molecule has 0 aliphatic carbocycles. The maximum atomic E-state index is 13.7. The molecular weight excluding hydrogens is 462 g/mol. The van der Waals surface area contributed by atoms with E-state index in [-0.39, 0.29) is 53.6 Å². The lowest BCUT2D eigenvalue weighted by Crippen LogP contribution is -2.39. The van der Waals surface area contributed by atoms with Gasteiger partial charge in [-0.1, -0.05) is 38.3 Å². The van der Waals surface area contributed by atoms with Crippen molar-refractivity contribution in [2.24, 2.45) is 0 Å². The lowest BCUT2D eigenvalue weighted by molar-refractivity contribution is 0.414. The van der Waals surface area contributed by atoms with Crippen LogP contribution in [0.1, 0.15) is 57.6 Å². The number of aryl methyl sites for hydroxylation is 1. The first kappa shape index (κ1) is 25.3. The van der Waals surface area contributed by atoms with Gasteiger partial charge in [0.1, 0.15) is 5.75 Å². The van der Waals surface area contributed by atoms with E-state index in [0.29, 0.717) is 12.2 Å². The normalized spacial score (nSPS) is 11.6. The highest BCUT2D eigenvalue weighted by molar-refractivity contribution is 5.76. The highest BCUT2D eigenvalue weighted by atomic mass is 16.5. The monoisotopic (exact) mass is 495 g/mol. The van der Waals surface area contributed by atoms with Crippen molar-refractivity contribution in [3.63, 3.8) is 0 Å². The van der Waals surface area contributed by atoms with Gasteiger partial charge >= 0.3 is 5.69 Å². The zero-order chi connectivity index (χ0) is 26.0. The minimum Gasteiger partial charge on any atom is -0.497 e. The van der Waals surface area contributed by atoms with Crippen LogP contribution in [0.5, 0.6) is 11.6 Å². The predicted octanol–water partition coefficient (Wildman–Crippen LogP) is 2.90. The fraction of sp³-hybridized carbons (Fsp3) is 0.462. The highest BCUT2D eigenvalue weighted by Gasteiger charge is 2.25. The van der Waals surface area contributed by atoms with Gasteiger partial charge in [-0.3, -0.25) is 23.3 Å². The molecule has 192 valence electrons. The molecule has 0 radical (unpaired) electrons. The molecule has 1 N–H and O–H groups in total. The van der Waals surface area contributed by atoms with E-state index in [1.54, 1.807) is 33.1 Å². The van der Waals surface area contributed by atoms with Crippen LogP contribution in [-0.4, -0.2) is 35.3 Å². The van der Waals surface area contributed by atoms with Crippen LogP contribution in [-0.2, 0) is 26.1 Å². The summed E-state index contributed by atoms with van der Waals surface area (Å²) in [5.41, 5.74) is -0.0660.